The first-order valence-corrected chi connectivity index (χ1v) is 8.42. The van der Waals surface area contributed by atoms with Gasteiger partial charge in [-0.25, -0.2) is 12.8 Å². The maximum Gasteiger partial charge on any atom is 0.243 e. The summed E-state index contributed by atoms with van der Waals surface area (Å²) >= 11 is 0. The number of sulfonamides is 1. The van der Waals surface area contributed by atoms with Crippen LogP contribution in [0.3, 0.4) is 0 Å². The summed E-state index contributed by atoms with van der Waals surface area (Å²) in [6, 6.07) is 4.79. The SMILES string of the molecule is COCCOC1COCCN(S(=O)(=O)c2ccc(F)cc2)C1. The first kappa shape index (κ1) is 17.3. The molecule has 1 aromatic rings. The lowest BCUT2D eigenvalue weighted by molar-refractivity contribution is -0.0216. The zero-order valence-corrected chi connectivity index (χ0v) is 13.2. The van der Waals surface area contributed by atoms with Gasteiger partial charge in [0.2, 0.25) is 10.0 Å². The maximum absolute atomic E-state index is 13.0. The maximum atomic E-state index is 13.0. The van der Waals surface area contributed by atoms with Gasteiger partial charge in [-0.05, 0) is 24.3 Å². The molecule has 0 N–H and O–H groups in total. The van der Waals surface area contributed by atoms with Crippen molar-refractivity contribution in [1.82, 2.24) is 4.31 Å². The van der Waals surface area contributed by atoms with Gasteiger partial charge in [-0.1, -0.05) is 0 Å². The van der Waals surface area contributed by atoms with Gasteiger partial charge in [0.05, 0.1) is 37.4 Å². The quantitative estimate of drug-likeness (QED) is 0.723. The molecule has 1 heterocycles. The standard InChI is InChI=1S/C14H20FNO5S/c1-19-8-9-21-13-10-16(6-7-20-11-13)22(17,18)14-4-2-12(15)3-5-14/h2-5,13H,6-11H2,1H3. The molecule has 2 rings (SSSR count). The number of benzene rings is 1. The minimum absolute atomic E-state index is 0.0615. The second-order valence-electron chi connectivity index (χ2n) is 4.88. The molecule has 0 radical (unpaired) electrons. The van der Waals surface area contributed by atoms with E-state index in [-0.39, 0.29) is 24.1 Å². The molecule has 8 heteroatoms. The summed E-state index contributed by atoms with van der Waals surface area (Å²) in [5.74, 6) is -0.473. The molecule has 22 heavy (non-hydrogen) atoms. The molecule has 0 spiro atoms. The number of nitrogens with zero attached hydrogens (tertiary/aromatic N) is 1. The topological polar surface area (TPSA) is 65.1 Å². The van der Waals surface area contributed by atoms with Crippen LogP contribution in [0.1, 0.15) is 0 Å². The molecular weight excluding hydrogens is 313 g/mol. The van der Waals surface area contributed by atoms with E-state index in [1.54, 1.807) is 7.11 Å². The van der Waals surface area contributed by atoms with Crippen LogP contribution < -0.4 is 0 Å². The van der Waals surface area contributed by atoms with Gasteiger partial charge < -0.3 is 14.2 Å². The molecule has 0 aromatic heterocycles. The van der Waals surface area contributed by atoms with Crippen LogP contribution >= 0.6 is 0 Å². The van der Waals surface area contributed by atoms with Crippen LogP contribution in [0.25, 0.3) is 0 Å². The predicted octanol–water partition coefficient (Wildman–Crippen LogP) is 0.878. The summed E-state index contributed by atoms with van der Waals surface area (Å²) < 4.78 is 55.3. The lowest BCUT2D eigenvalue weighted by atomic mass is 10.3. The van der Waals surface area contributed by atoms with E-state index in [0.29, 0.717) is 26.4 Å². The van der Waals surface area contributed by atoms with Crippen molar-refractivity contribution in [3.8, 4) is 0 Å². The summed E-state index contributed by atoms with van der Waals surface area (Å²) in [6.45, 7) is 1.87. The van der Waals surface area contributed by atoms with Crippen LogP contribution in [0.4, 0.5) is 4.39 Å². The normalized spacial score (nSPS) is 20.7. The summed E-state index contributed by atoms with van der Waals surface area (Å²) in [7, 11) is -2.12. The summed E-state index contributed by atoms with van der Waals surface area (Å²) in [5, 5.41) is 0. The zero-order chi connectivity index (χ0) is 16.0. The number of hydrogen-bond donors (Lipinski definition) is 0. The number of ether oxygens (including phenoxy) is 3. The monoisotopic (exact) mass is 333 g/mol. The molecular formula is C14H20FNO5S. The van der Waals surface area contributed by atoms with Crippen molar-refractivity contribution >= 4 is 10.0 Å². The third kappa shape index (κ3) is 4.47. The van der Waals surface area contributed by atoms with Crippen LogP contribution in [0.15, 0.2) is 29.2 Å². The predicted molar refractivity (Wildman–Crippen MR) is 77.6 cm³/mol. The molecule has 0 aliphatic carbocycles. The van der Waals surface area contributed by atoms with Gasteiger partial charge in [0.1, 0.15) is 5.82 Å². The van der Waals surface area contributed by atoms with E-state index >= 15 is 0 Å². The summed E-state index contributed by atoms with van der Waals surface area (Å²) in [5.41, 5.74) is 0. The van der Waals surface area contributed by atoms with Crippen molar-refractivity contribution < 1.29 is 27.0 Å². The first-order chi connectivity index (χ1) is 10.5. The lowest BCUT2D eigenvalue weighted by Crippen LogP contribution is -2.39. The molecule has 1 aliphatic heterocycles. The number of methoxy groups -OCH3 is 1. The molecule has 0 saturated carbocycles. The van der Waals surface area contributed by atoms with Crippen molar-refractivity contribution in [2.45, 2.75) is 11.0 Å². The molecule has 6 nitrogen and oxygen atoms in total. The highest BCUT2D eigenvalue weighted by Gasteiger charge is 2.29. The van der Waals surface area contributed by atoms with Crippen LogP contribution in [-0.4, -0.2) is 65.5 Å². The fraction of sp³-hybridized carbons (Fsp3) is 0.571. The zero-order valence-electron chi connectivity index (χ0n) is 12.4. The van der Waals surface area contributed by atoms with Crippen LogP contribution in [0, 0.1) is 5.82 Å². The Labute approximate surface area is 129 Å². The Morgan fingerprint density at radius 2 is 2.05 bits per heavy atom. The third-order valence-electron chi connectivity index (χ3n) is 3.29. The van der Waals surface area contributed by atoms with E-state index in [0.717, 1.165) is 12.1 Å². The minimum atomic E-state index is -3.69. The molecule has 124 valence electrons. The summed E-state index contributed by atoms with van der Waals surface area (Å²) in [4.78, 5) is 0.0615. The van der Waals surface area contributed by atoms with Crippen molar-refractivity contribution in [3.05, 3.63) is 30.1 Å². The van der Waals surface area contributed by atoms with Crippen molar-refractivity contribution in [3.63, 3.8) is 0 Å². The minimum Gasteiger partial charge on any atom is -0.382 e. The van der Waals surface area contributed by atoms with Gasteiger partial charge >= 0.3 is 0 Å². The van der Waals surface area contributed by atoms with Crippen LogP contribution in [0.2, 0.25) is 0 Å². The summed E-state index contributed by atoms with van der Waals surface area (Å²) in [6.07, 6.45) is -0.354. The van der Waals surface area contributed by atoms with Crippen molar-refractivity contribution in [2.24, 2.45) is 0 Å². The Morgan fingerprint density at radius 1 is 1.32 bits per heavy atom. The Bertz CT molecular complexity index is 563. The van der Waals surface area contributed by atoms with Crippen molar-refractivity contribution in [1.29, 1.82) is 0 Å². The molecule has 1 fully saturated rings. The molecule has 1 aromatic carbocycles. The van der Waals surface area contributed by atoms with Crippen molar-refractivity contribution in [2.75, 3.05) is 46.6 Å². The average Bonchev–Trinajstić information content (AvgIpc) is 2.74. The highest BCUT2D eigenvalue weighted by Crippen LogP contribution is 2.18. The van der Waals surface area contributed by atoms with Gasteiger partial charge in [0.15, 0.2) is 0 Å². The lowest BCUT2D eigenvalue weighted by Gasteiger charge is -2.23. The van der Waals surface area contributed by atoms with Gasteiger partial charge in [-0.15, -0.1) is 0 Å². The number of halogens is 1. The molecule has 1 saturated heterocycles. The van der Waals surface area contributed by atoms with Gasteiger partial charge in [-0.3, -0.25) is 0 Å². The fourth-order valence-electron chi connectivity index (χ4n) is 2.13. The fourth-order valence-corrected chi connectivity index (χ4v) is 3.58. The van der Waals surface area contributed by atoms with E-state index in [1.807, 2.05) is 0 Å². The molecule has 1 aliphatic rings. The van der Waals surface area contributed by atoms with Crippen LogP contribution in [0.5, 0.6) is 0 Å². The highest BCUT2D eigenvalue weighted by molar-refractivity contribution is 7.89. The highest BCUT2D eigenvalue weighted by atomic mass is 32.2. The van der Waals surface area contributed by atoms with E-state index < -0.39 is 15.8 Å². The van der Waals surface area contributed by atoms with Gasteiger partial charge in [-0.2, -0.15) is 4.31 Å². The van der Waals surface area contributed by atoms with Crippen LogP contribution in [-0.2, 0) is 24.2 Å². The second-order valence-corrected chi connectivity index (χ2v) is 6.82. The van der Waals surface area contributed by atoms with E-state index in [4.69, 9.17) is 14.2 Å². The van der Waals surface area contributed by atoms with E-state index in [9.17, 15) is 12.8 Å². The molecule has 0 bridgehead atoms. The Hall–Kier alpha value is -1.06. The number of rotatable bonds is 6. The molecule has 1 unspecified atom stereocenters. The third-order valence-corrected chi connectivity index (χ3v) is 5.17. The molecule has 0 amide bonds. The second kappa shape index (κ2) is 7.98. The largest absolute Gasteiger partial charge is 0.382 e. The van der Waals surface area contributed by atoms with E-state index in [1.165, 1.54) is 16.4 Å². The Kier molecular flexibility index (Phi) is 6.27. The Balaban J connectivity index is 2.09. The van der Waals surface area contributed by atoms with Gasteiger partial charge in [0.25, 0.3) is 0 Å². The number of hydrogen-bond acceptors (Lipinski definition) is 5. The molecule has 1 atom stereocenters. The Morgan fingerprint density at radius 3 is 2.73 bits per heavy atom. The van der Waals surface area contributed by atoms with Gasteiger partial charge in [0, 0.05) is 20.2 Å². The first-order valence-electron chi connectivity index (χ1n) is 6.98. The average molecular weight is 333 g/mol. The smallest absolute Gasteiger partial charge is 0.243 e. The van der Waals surface area contributed by atoms with E-state index in [2.05, 4.69) is 0 Å².